The largest absolute Gasteiger partial charge is 0.304 e. The first-order valence-electron chi connectivity index (χ1n) is 10.2. The molecule has 0 aliphatic heterocycles. The highest BCUT2D eigenvalue weighted by molar-refractivity contribution is 4.53. The van der Waals surface area contributed by atoms with Crippen LogP contribution in [0.25, 0.3) is 0 Å². The molecule has 0 aromatic rings. The Hall–Kier alpha value is -0.0800. The lowest BCUT2D eigenvalue weighted by atomic mass is 10.1. The Morgan fingerprint density at radius 2 is 1.05 bits per heavy atom. The van der Waals surface area contributed by atoms with Crippen LogP contribution >= 0.6 is 0 Å². The molecule has 22 heavy (non-hydrogen) atoms. The van der Waals surface area contributed by atoms with Gasteiger partial charge in [0.15, 0.2) is 0 Å². The third-order valence-corrected chi connectivity index (χ3v) is 4.48. The Morgan fingerprint density at radius 3 is 1.59 bits per heavy atom. The molecule has 0 aromatic heterocycles. The van der Waals surface area contributed by atoms with Crippen molar-refractivity contribution in [1.29, 1.82) is 0 Å². The fourth-order valence-corrected chi connectivity index (χ4v) is 2.89. The molecule has 0 heterocycles. The van der Waals surface area contributed by atoms with Crippen LogP contribution in [0.15, 0.2) is 0 Å². The van der Waals surface area contributed by atoms with Gasteiger partial charge in [-0.1, -0.05) is 90.9 Å². The van der Waals surface area contributed by atoms with Gasteiger partial charge in [-0.15, -0.1) is 0 Å². The van der Waals surface area contributed by atoms with Crippen molar-refractivity contribution in [2.24, 2.45) is 0 Å². The van der Waals surface area contributed by atoms with Crippen molar-refractivity contribution in [2.45, 2.75) is 104 Å². The Morgan fingerprint density at radius 1 is 0.591 bits per heavy atom. The van der Waals surface area contributed by atoms with E-state index >= 15 is 0 Å². The number of unbranched alkanes of at least 4 members (excludes halogenated alkanes) is 12. The van der Waals surface area contributed by atoms with Gasteiger partial charge in [-0.05, 0) is 33.0 Å². The average molecular weight is 313 g/mol. The van der Waals surface area contributed by atoms with Gasteiger partial charge >= 0.3 is 0 Å². The fourth-order valence-electron chi connectivity index (χ4n) is 2.89. The number of rotatable bonds is 18. The van der Waals surface area contributed by atoms with Crippen molar-refractivity contribution in [3.8, 4) is 0 Å². The zero-order valence-corrected chi connectivity index (χ0v) is 16.0. The molecule has 0 atom stereocenters. The third-order valence-electron chi connectivity index (χ3n) is 4.48. The van der Waals surface area contributed by atoms with Crippen LogP contribution in [0.4, 0.5) is 0 Å². The zero-order valence-electron chi connectivity index (χ0n) is 16.0. The summed E-state index contributed by atoms with van der Waals surface area (Å²) in [7, 11) is 2.24. The lowest BCUT2D eigenvalue weighted by molar-refractivity contribution is 0.297. The molecule has 0 rings (SSSR count). The summed E-state index contributed by atoms with van der Waals surface area (Å²) in [5.41, 5.74) is 0. The molecule has 0 saturated carbocycles. The van der Waals surface area contributed by atoms with Gasteiger partial charge in [0.1, 0.15) is 0 Å². The second-order valence-corrected chi connectivity index (χ2v) is 6.98. The molecule has 0 aliphatic rings. The van der Waals surface area contributed by atoms with E-state index in [2.05, 4.69) is 31.1 Å². The monoisotopic (exact) mass is 312 g/mol. The van der Waals surface area contributed by atoms with E-state index in [1.165, 1.54) is 103 Å². The highest BCUT2D eigenvalue weighted by atomic mass is 15.2. The Bertz CT molecular complexity index is 194. The topological polar surface area (TPSA) is 15.3 Å². The van der Waals surface area contributed by atoms with Crippen molar-refractivity contribution in [2.75, 3.05) is 26.8 Å². The van der Waals surface area contributed by atoms with Gasteiger partial charge in [0.05, 0.1) is 0 Å². The maximum absolute atomic E-state index is 3.58. The molecule has 0 bridgehead atoms. The van der Waals surface area contributed by atoms with E-state index in [9.17, 15) is 0 Å². The molecule has 0 amide bonds. The van der Waals surface area contributed by atoms with E-state index in [0.29, 0.717) is 0 Å². The van der Waals surface area contributed by atoms with Crippen molar-refractivity contribution >= 4 is 0 Å². The zero-order chi connectivity index (χ0) is 16.3. The standard InChI is InChI=1S/C20H44N2/c1-4-6-8-10-12-14-16-18-21-20-22(3)19-17-15-13-11-9-7-5-2/h21H,4-20H2,1-3H3. The molecule has 0 unspecified atom stereocenters. The first-order chi connectivity index (χ1) is 10.8. The summed E-state index contributed by atoms with van der Waals surface area (Å²) in [6.45, 7) is 8.07. The molecule has 134 valence electrons. The molecule has 0 aromatic carbocycles. The van der Waals surface area contributed by atoms with Crippen molar-refractivity contribution in [3.63, 3.8) is 0 Å². The summed E-state index contributed by atoms with van der Waals surface area (Å²) in [6, 6.07) is 0. The van der Waals surface area contributed by atoms with Gasteiger partial charge in [-0.3, -0.25) is 4.90 Å². The minimum absolute atomic E-state index is 1.06. The number of nitrogens with one attached hydrogen (secondary N) is 1. The van der Waals surface area contributed by atoms with Crippen LogP contribution in [-0.2, 0) is 0 Å². The second-order valence-electron chi connectivity index (χ2n) is 6.98. The molecule has 2 nitrogen and oxygen atoms in total. The van der Waals surface area contributed by atoms with Gasteiger partial charge < -0.3 is 5.32 Å². The van der Waals surface area contributed by atoms with Crippen LogP contribution in [0.1, 0.15) is 104 Å². The maximum Gasteiger partial charge on any atom is 0.0477 e. The Kier molecular flexibility index (Phi) is 18.9. The van der Waals surface area contributed by atoms with Crippen LogP contribution in [0.5, 0.6) is 0 Å². The highest BCUT2D eigenvalue weighted by Crippen LogP contribution is 2.07. The van der Waals surface area contributed by atoms with Crippen LogP contribution in [0, 0.1) is 0 Å². The molecule has 2 heteroatoms. The van der Waals surface area contributed by atoms with E-state index in [4.69, 9.17) is 0 Å². The first-order valence-corrected chi connectivity index (χ1v) is 10.2. The molecule has 0 radical (unpaired) electrons. The highest BCUT2D eigenvalue weighted by Gasteiger charge is 1.98. The number of hydrogen-bond acceptors (Lipinski definition) is 2. The van der Waals surface area contributed by atoms with Crippen molar-refractivity contribution in [3.05, 3.63) is 0 Å². The second kappa shape index (κ2) is 19.0. The molecular formula is C20H44N2. The molecule has 0 fully saturated rings. The van der Waals surface area contributed by atoms with E-state index in [-0.39, 0.29) is 0 Å². The Balaban J connectivity index is 3.11. The van der Waals surface area contributed by atoms with Crippen LogP contribution in [-0.4, -0.2) is 31.7 Å². The first kappa shape index (κ1) is 21.9. The third kappa shape index (κ3) is 18.0. The van der Waals surface area contributed by atoms with Crippen LogP contribution in [0.3, 0.4) is 0 Å². The average Bonchev–Trinajstić information content (AvgIpc) is 2.52. The summed E-state index contributed by atoms with van der Waals surface area (Å²) in [5, 5.41) is 3.58. The molecule has 0 saturated heterocycles. The molecular weight excluding hydrogens is 268 g/mol. The number of nitrogens with zero attached hydrogens (tertiary/aromatic N) is 1. The molecule has 0 spiro atoms. The summed E-state index contributed by atoms with van der Waals surface area (Å²) in [4.78, 5) is 2.44. The summed E-state index contributed by atoms with van der Waals surface area (Å²) in [6.07, 6.45) is 19.7. The predicted molar refractivity (Wildman–Crippen MR) is 101 cm³/mol. The molecule has 0 aliphatic carbocycles. The van der Waals surface area contributed by atoms with Gasteiger partial charge in [-0.25, -0.2) is 0 Å². The van der Waals surface area contributed by atoms with Crippen LogP contribution in [0.2, 0.25) is 0 Å². The molecule has 1 N–H and O–H groups in total. The van der Waals surface area contributed by atoms with Gasteiger partial charge in [-0.2, -0.15) is 0 Å². The predicted octanol–water partition coefficient (Wildman–Crippen LogP) is 5.97. The minimum atomic E-state index is 1.06. The van der Waals surface area contributed by atoms with Gasteiger partial charge in [0.2, 0.25) is 0 Å². The van der Waals surface area contributed by atoms with E-state index in [1.807, 2.05) is 0 Å². The smallest absolute Gasteiger partial charge is 0.0477 e. The quantitative estimate of drug-likeness (QED) is 0.248. The van der Waals surface area contributed by atoms with E-state index < -0.39 is 0 Å². The number of hydrogen-bond donors (Lipinski definition) is 1. The summed E-state index contributed by atoms with van der Waals surface area (Å²) >= 11 is 0. The lowest BCUT2D eigenvalue weighted by Gasteiger charge is -2.17. The minimum Gasteiger partial charge on any atom is -0.304 e. The normalized spacial score (nSPS) is 11.5. The Labute approximate surface area is 141 Å². The summed E-state index contributed by atoms with van der Waals surface area (Å²) in [5.74, 6) is 0. The SMILES string of the molecule is CCCCCCCCCNCN(C)CCCCCCCCC. The van der Waals surface area contributed by atoms with Gasteiger partial charge in [0, 0.05) is 6.67 Å². The van der Waals surface area contributed by atoms with Crippen molar-refractivity contribution in [1.82, 2.24) is 10.2 Å². The van der Waals surface area contributed by atoms with Crippen molar-refractivity contribution < 1.29 is 0 Å². The summed E-state index contributed by atoms with van der Waals surface area (Å²) < 4.78 is 0. The van der Waals surface area contributed by atoms with Gasteiger partial charge in [0.25, 0.3) is 0 Å². The lowest BCUT2D eigenvalue weighted by Crippen LogP contribution is -2.32. The van der Waals surface area contributed by atoms with E-state index in [1.54, 1.807) is 0 Å². The van der Waals surface area contributed by atoms with Crippen LogP contribution < -0.4 is 5.32 Å². The van der Waals surface area contributed by atoms with E-state index in [0.717, 1.165) is 6.67 Å². The fraction of sp³-hybridized carbons (Fsp3) is 1.00. The maximum atomic E-state index is 3.58.